The van der Waals surface area contributed by atoms with E-state index in [-0.39, 0.29) is 24.1 Å². The highest BCUT2D eigenvalue weighted by Gasteiger charge is 2.25. The van der Waals surface area contributed by atoms with Crippen LogP contribution in [0.25, 0.3) is 10.9 Å². The van der Waals surface area contributed by atoms with E-state index in [0.717, 1.165) is 24.6 Å². The Morgan fingerprint density at radius 1 is 1.32 bits per heavy atom. The van der Waals surface area contributed by atoms with E-state index < -0.39 is 0 Å². The molecule has 1 amide bonds. The molecule has 1 aliphatic rings. The topological polar surface area (TPSA) is 80.1 Å². The van der Waals surface area contributed by atoms with Crippen LogP contribution in [-0.4, -0.2) is 39.6 Å². The fraction of sp³-hybridized carbons (Fsp3) is 0.294. The van der Waals surface area contributed by atoms with Gasteiger partial charge in [-0.05, 0) is 18.6 Å². The van der Waals surface area contributed by atoms with Crippen LogP contribution in [0.4, 0.5) is 5.13 Å². The number of hydrogen-bond donors (Lipinski definition) is 1. The lowest BCUT2D eigenvalue weighted by molar-refractivity contribution is -0.122. The van der Waals surface area contributed by atoms with Crippen LogP contribution in [-0.2, 0) is 11.3 Å². The molecule has 1 aromatic carbocycles. The minimum atomic E-state index is -0.198. The van der Waals surface area contributed by atoms with Gasteiger partial charge in [-0.15, -0.1) is 11.3 Å². The minimum Gasteiger partial charge on any atom is -0.350 e. The Morgan fingerprint density at radius 2 is 2.20 bits per heavy atom. The summed E-state index contributed by atoms with van der Waals surface area (Å²) in [4.78, 5) is 35.5. The smallest absolute Gasteiger partial charge is 0.261 e. The van der Waals surface area contributed by atoms with Crippen molar-refractivity contribution < 1.29 is 4.79 Å². The Kier molecular flexibility index (Phi) is 4.19. The first-order chi connectivity index (χ1) is 12.2. The summed E-state index contributed by atoms with van der Waals surface area (Å²) in [6.07, 6.45) is 4.09. The summed E-state index contributed by atoms with van der Waals surface area (Å²) in [5.74, 6) is -0.176. The first-order valence-electron chi connectivity index (χ1n) is 8.09. The summed E-state index contributed by atoms with van der Waals surface area (Å²) in [5, 5.41) is 6.45. The fourth-order valence-corrected chi connectivity index (χ4v) is 3.75. The number of amides is 1. The Labute approximate surface area is 147 Å². The van der Waals surface area contributed by atoms with Crippen molar-refractivity contribution in [2.45, 2.75) is 19.0 Å². The van der Waals surface area contributed by atoms with E-state index in [0.29, 0.717) is 10.9 Å². The minimum absolute atomic E-state index is 0.0234. The van der Waals surface area contributed by atoms with Crippen molar-refractivity contribution in [3.63, 3.8) is 0 Å². The number of fused-ring (bicyclic) bond motifs is 1. The molecule has 1 fully saturated rings. The quantitative estimate of drug-likeness (QED) is 0.762. The van der Waals surface area contributed by atoms with Crippen molar-refractivity contribution in [3.8, 4) is 0 Å². The molecule has 0 aliphatic carbocycles. The van der Waals surface area contributed by atoms with Crippen LogP contribution in [0.1, 0.15) is 6.42 Å². The van der Waals surface area contributed by atoms with E-state index in [9.17, 15) is 9.59 Å². The maximum Gasteiger partial charge on any atom is 0.261 e. The number of anilines is 1. The van der Waals surface area contributed by atoms with Crippen LogP contribution in [0.3, 0.4) is 0 Å². The second kappa shape index (κ2) is 6.64. The maximum atomic E-state index is 12.4. The monoisotopic (exact) mass is 355 g/mol. The largest absolute Gasteiger partial charge is 0.350 e. The normalized spacial score (nSPS) is 17.1. The molecule has 25 heavy (non-hydrogen) atoms. The number of carbonyl (C=O) groups is 1. The molecule has 0 bridgehead atoms. The predicted octanol–water partition coefficient (Wildman–Crippen LogP) is 1.25. The molecular formula is C17H17N5O2S. The lowest BCUT2D eigenvalue weighted by atomic mass is 10.2. The van der Waals surface area contributed by atoms with E-state index >= 15 is 0 Å². The van der Waals surface area contributed by atoms with Gasteiger partial charge in [0.2, 0.25) is 5.91 Å². The van der Waals surface area contributed by atoms with Crippen LogP contribution in [0.2, 0.25) is 0 Å². The average Bonchev–Trinajstić information content (AvgIpc) is 3.29. The molecule has 1 unspecified atom stereocenters. The van der Waals surface area contributed by atoms with E-state index in [2.05, 4.69) is 20.2 Å². The number of carbonyl (C=O) groups excluding carboxylic acids is 1. The molecule has 8 heteroatoms. The molecule has 0 spiro atoms. The van der Waals surface area contributed by atoms with Crippen LogP contribution < -0.4 is 15.8 Å². The Morgan fingerprint density at radius 3 is 3.04 bits per heavy atom. The van der Waals surface area contributed by atoms with Gasteiger partial charge >= 0.3 is 0 Å². The van der Waals surface area contributed by atoms with Crippen molar-refractivity contribution in [3.05, 3.63) is 52.5 Å². The van der Waals surface area contributed by atoms with E-state index in [1.807, 2.05) is 11.4 Å². The Hall–Kier alpha value is -2.74. The van der Waals surface area contributed by atoms with Crippen molar-refractivity contribution in [2.24, 2.45) is 0 Å². The van der Waals surface area contributed by atoms with Crippen LogP contribution >= 0.6 is 11.3 Å². The zero-order chi connectivity index (χ0) is 17.2. The van der Waals surface area contributed by atoms with Crippen LogP contribution in [0.15, 0.2) is 47.0 Å². The number of nitrogens with zero attached hydrogens (tertiary/aromatic N) is 4. The zero-order valence-corrected chi connectivity index (χ0v) is 14.3. The third kappa shape index (κ3) is 3.25. The number of aromatic nitrogens is 3. The molecule has 7 nitrogen and oxygen atoms in total. The van der Waals surface area contributed by atoms with Crippen molar-refractivity contribution in [1.82, 2.24) is 19.9 Å². The van der Waals surface area contributed by atoms with E-state index in [1.165, 1.54) is 10.9 Å². The van der Waals surface area contributed by atoms with Gasteiger partial charge < -0.3 is 10.2 Å². The Bertz CT molecular complexity index is 953. The van der Waals surface area contributed by atoms with Crippen molar-refractivity contribution in [2.75, 3.05) is 18.0 Å². The number of benzene rings is 1. The highest BCUT2D eigenvalue weighted by atomic mass is 32.1. The second-order valence-corrected chi connectivity index (χ2v) is 6.88. The summed E-state index contributed by atoms with van der Waals surface area (Å²) >= 11 is 1.60. The number of rotatable bonds is 4. The van der Waals surface area contributed by atoms with Gasteiger partial charge in [-0.2, -0.15) is 0 Å². The summed E-state index contributed by atoms with van der Waals surface area (Å²) in [6.45, 7) is 1.59. The lowest BCUT2D eigenvalue weighted by Gasteiger charge is -2.16. The second-order valence-electron chi connectivity index (χ2n) is 6.01. The first kappa shape index (κ1) is 15.8. The summed E-state index contributed by atoms with van der Waals surface area (Å²) in [6, 6.07) is 7.21. The van der Waals surface area contributed by atoms with E-state index in [1.54, 1.807) is 35.7 Å². The van der Waals surface area contributed by atoms with Gasteiger partial charge in [0, 0.05) is 30.7 Å². The van der Waals surface area contributed by atoms with E-state index in [4.69, 9.17) is 0 Å². The molecule has 3 heterocycles. The van der Waals surface area contributed by atoms with Crippen LogP contribution in [0.5, 0.6) is 0 Å². The van der Waals surface area contributed by atoms with Gasteiger partial charge in [-0.3, -0.25) is 14.2 Å². The maximum absolute atomic E-state index is 12.4. The third-order valence-corrected chi connectivity index (χ3v) is 5.12. The third-order valence-electron chi connectivity index (χ3n) is 4.29. The molecule has 0 saturated carbocycles. The molecular weight excluding hydrogens is 338 g/mol. The van der Waals surface area contributed by atoms with Gasteiger partial charge in [0.1, 0.15) is 6.54 Å². The molecule has 1 N–H and O–H groups in total. The standard InChI is InChI=1S/C17H17N5O2S/c23-15(20-12-5-7-21(9-12)17-18-6-8-25-17)10-22-11-19-14-4-2-1-3-13(14)16(22)24/h1-4,6,8,11-12H,5,7,9-10H2,(H,20,23). The summed E-state index contributed by atoms with van der Waals surface area (Å²) in [5.41, 5.74) is 0.440. The first-order valence-corrected chi connectivity index (χ1v) is 8.96. The molecule has 0 radical (unpaired) electrons. The molecule has 128 valence electrons. The summed E-state index contributed by atoms with van der Waals surface area (Å²) < 4.78 is 1.35. The highest BCUT2D eigenvalue weighted by Crippen LogP contribution is 2.22. The van der Waals surface area contributed by atoms with Gasteiger partial charge in [-0.25, -0.2) is 9.97 Å². The fourth-order valence-electron chi connectivity index (χ4n) is 3.07. The lowest BCUT2D eigenvalue weighted by Crippen LogP contribution is -2.40. The van der Waals surface area contributed by atoms with Gasteiger partial charge in [0.25, 0.3) is 5.56 Å². The van der Waals surface area contributed by atoms with Gasteiger partial charge in [0.05, 0.1) is 17.2 Å². The number of para-hydroxylation sites is 1. The van der Waals surface area contributed by atoms with Crippen molar-refractivity contribution >= 4 is 33.3 Å². The molecule has 4 rings (SSSR count). The molecule has 1 aliphatic heterocycles. The molecule has 1 atom stereocenters. The predicted molar refractivity (Wildman–Crippen MR) is 96.9 cm³/mol. The number of hydrogen-bond acceptors (Lipinski definition) is 6. The van der Waals surface area contributed by atoms with Gasteiger partial charge in [-0.1, -0.05) is 12.1 Å². The Balaban J connectivity index is 1.41. The molecule has 1 saturated heterocycles. The highest BCUT2D eigenvalue weighted by molar-refractivity contribution is 7.13. The van der Waals surface area contributed by atoms with Gasteiger partial charge in [0.15, 0.2) is 5.13 Å². The summed E-state index contributed by atoms with van der Waals surface area (Å²) in [7, 11) is 0. The van der Waals surface area contributed by atoms with Crippen LogP contribution in [0, 0.1) is 0 Å². The molecule has 2 aromatic heterocycles. The number of nitrogens with one attached hydrogen (secondary N) is 1. The van der Waals surface area contributed by atoms with Crippen molar-refractivity contribution in [1.29, 1.82) is 0 Å². The molecule has 3 aromatic rings. The zero-order valence-electron chi connectivity index (χ0n) is 13.5. The SMILES string of the molecule is O=C(Cn1cnc2ccccc2c1=O)NC1CCN(c2nccs2)C1. The number of thiazole rings is 1. The average molecular weight is 355 g/mol.